The second-order valence-electron chi connectivity index (χ2n) is 2.63. The Balaban J connectivity index is 3.05. The second-order valence-corrected chi connectivity index (χ2v) is 2.99. The molecule has 0 amide bonds. The van der Waals surface area contributed by atoms with Crippen molar-refractivity contribution in [1.82, 2.24) is 9.97 Å². The van der Waals surface area contributed by atoms with Crippen LogP contribution in [0.25, 0.3) is 0 Å². The monoisotopic (exact) mass is 171 g/mol. The summed E-state index contributed by atoms with van der Waals surface area (Å²) in [6, 6.07) is 0. The Kier molecular flexibility index (Phi) is 2.29. The van der Waals surface area contributed by atoms with Gasteiger partial charge >= 0.3 is 0 Å². The van der Waals surface area contributed by atoms with E-state index in [2.05, 4.69) is 9.97 Å². The Morgan fingerprint density at radius 3 is 2.64 bits per heavy atom. The van der Waals surface area contributed by atoms with Gasteiger partial charge in [-0.3, -0.25) is 0 Å². The maximum atomic E-state index is 5.68. The van der Waals surface area contributed by atoms with Gasteiger partial charge in [0.05, 0.1) is 11.9 Å². The van der Waals surface area contributed by atoms with Gasteiger partial charge in [-0.25, -0.2) is 9.97 Å². The number of hydrogen-bond donors (Lipinski definition) is 1. The predicted molar refractivity (Wildman–Crippen MR) is 45.5 cm³/mol. The molecule has 0 atom stereocenters. The fourth-order valence-electron chi connectivity index (χ4n) is 0.661. The molecular formula is C7H10ClN3. The van der Waals surface area contributed by atoms with E-state index in [1.54, 1.807) is 0 Å². The van der Waals surface area contributed by atoms with Crippen molar-refractivity contribution in [3.8, 4) is 0 Å². The summed E-state index contributed by atoms with van der Waals surface area (Å²) in [5, 5.41) is 0.337. The fourth-order valence-corrected chi connectivity index (χ4v) is 0.796. The number of hydrogen-bond acceptors (Lipinski definition) is 3. The Morgan fingerprint density at radius 1 is 1.55 bits per heavy atom. The number of halogens is 1. The second kappa shape index (κ2) is 3.05. The summed E-state index contributed by atoms with van der Waals surface area (Å²) in [5.74, 6) is 1.01. The lowest BCUT2D eigenvalue weighted by Gasteiger charge is -2.03. The molecule has 0 aromatic carbocycles. The normalized spacial score (nSPS) is 10.5. The summed E-state index contributed by atoms with van der Waals surface area (Å²) in [6.07, 6.45) is 1.53. The molecule has 2 N–H and O–H groups in total. The standard InChI is InChI=1S/C7H10ClN3/c1-4(2)7-10-3-5(9)6(8)11-7/h3-4H,9H2,1-2H3. The molecule has 1 heterocycles. The number of nitrogens with two attached hydrogens (primary N) is 1. The smallest absolute Gasteiger partial charge is 0.155 e. The molecule has 0 unspecified atom stereocenters. The summed E-state index contributed by atoms with van der Waals surface area (Å²) >= 11 is 5.68. The third-order valence-electron chi connectivity index (χ3n) is 1.30. The first-order valence-corrected chi connectivity index (χ1v) is 3.77. The number of nitrogen functional groups attached to an aromatic ring is 1. The Labute approximate surface area is 70.6 Å². The molecule has 1 rings (SSSR count). The molecule has 60 valence electrons. The Morgan fingerprint density at radius 2 is 2.18 bits per heavy atom. The van der Waals surface area contributed by atoms with Gasteiger partial charge in [-0.1, -0.05) is 25.4 Å². The van der Waals surface area contributed by atoms with Crippen molar-refractivity contribution in [2.45, 2.75) is 19.8 Å². The van der Waals surface area contributed by atoms with Crippen LogP contribution in [0.3, 0.4) is 0 Å². The van der Waals surface area contributed by atoms with Crippen LogP contribution in [0.15, 0.2) is 6.20 Å². The molecule has 0 saturated heterocycles. The van der Waals surface area contributed by atoms with Gasteiger partial charge in [-0.2, -0.15) is 0 Å². The first kappa shape index (κ1) is 8.27. The van der Waals surface area contributed by atoms with Gasteiger partial charge in [-0.15, -0.1) is 0 Å². The fraction of sp³-hybridized carbons (Fsp3) is 0.429. The van der Waals surface area contributed by atoms with Gasteiger partial charge in [0.1, 0.15) is 5.82 Å². The van der Waals surface area contributed by atoms with Gasteiger partial charge in [0.2, 0.25) is 0 Å². The molecule has 0 radical (unpaired) electrons. The van der Waals surface area contributed by atoms with E-state index in [0.29, 0.717) is 10.8 Å². The highest BCUT2D eigenvalue weighted by Gasteiger charge is 2.04. The quantitative estimate of drug-likeness (QED) is 0.656. The van der Waals surface area contributed by atoms with Crippen LogP contribution in [0.2, 0.25) is 5.15 Å². The molecule has 0 spiro atoms. The average Bonchev–Trinajstić information content (AvgIpc) is 1.94. The summed E-state index contributed by atoms with van der Waals surface area (Å²) in [7, 11) is 0. The molecule has 1 aromatic rings. The van der Waals surface area contributed by atoms with Gasteiger partial charge < -0.3 is 5.73 Å². The van der Waals surface area contributed by atoms with E-state index in [1.165, 1.54) is 6.20 Å². The van der Waals surface area contributed by atoms with E-state index in [1.807, 2.05) is 13.8 Å². The third kappa shape index (κ3) is 1.80. The van der Waals surface area contributed by atoms with Gasteiger partial charge in [0.25, 0.3) is 0 Å². The summed E-state index contributed by atoms with van der Waals surface area (Å²) in [4.78, 5) is 8.02. The zero-order chi connectivity index (χ0) is 8.43. The molecule has 0 saturated carbocycles. The molecule has 11 heavy (non-hydrogen) atoms. The molecule has 3 nitrogen and oxygen atoms in total. The molecule has 0 aliphatic heterocycles. The van der Waals surface area contributed by atoms with Crippen LogP contribution in [0, 0.1) is 0 Å². The van der Waals surface area contributed by atoms with Crippen molar-refractivity contribution in [3.63, 3.8) is 0 Å². The summed E-state index contributed by atoms with van der Waals surface area (Å²) in [5.41, 5.74) is 5.86. The maximum Gasteiger partial charge on any atom is 0.155 e. The number of aromatic nitrogens is 2. The van der Waals surface area contributed by atoms with Crippen molar-refractivity contribution in [2.24, 2.45) is 0 Å². The average molecular weight is 172 g/mol. The van der Waals surface area contributed by atoms with Crippen LogP contribution in [0.5, 0.6) is 0 Å². The van der Waals surface area contributed by atoms with Crippen LogP contribution in [-0.2, 0) is 0 Å². The van der Waals surface area contributed by atoms with Gasteiger partial charge in [-0.05, 0) is 0 Å². The molecule has 0 bridgehead atoms. The molecule has 1 aromatic heterocycles. The lowest BCUT2D eigenvalue weighted by atomic mass is 10.2. The SMILES string of the molecule is CC(C)c1ncc(N)c(Cl)n1. The summed E-state index contributed by atoms with van der Waals surface area (Å²) < 4.78 is 0. The third-order valence-corrected chi connectivity index (χ3v) is 1.61. The predicted octanol–water partition coefficient (Wildman–Crippen LogP) is 1.84. The molecule has 4 heteroatoms. The first-order valence-electron chi connectivity index (χ1n) is 3.39. The zero-order valence-corrected chi connectivity index (χ0v) is 7.26. The van der Waals surface area contributed by atoms with Crippen molar-refractivity contribution in [1.29, 1.82) is 0 Å². The highest BCUT2D eigenvalue weighted by molar-refractivity contribution is 6.31. The van der Waals surface area contributed by atoms with E-state index in [-0.39, 0.29) is 5.92 Å². The Bertz CT molecular complexity index is 260. The maximum absolute atomic E-state index is 5.68. The van der Waals surface area contributed by atoms with E-state index in [9.17, 15) is 0 Å². The van der Waals surface area contributed by atoms with Crippen molar-refractivity contribution < 1.29 is 0 Å². The molecule has 0 fully saturated rings. The van der Waals surface area contributed by atoms with Crippen LogP contribution in [-0.4, -0.2) is 9.97 Å². The minimum absolute atomic E-state index is 0.285. The molecular weight excluding hydrogens is 162 g/mol. The van der Waals surface area contributed by atoms with Gasteiger partial charge in [0, 0.05) is 5.92 Å². The van der Waals surface area contributed by atoms with E-state index in [4.69, 9.17) is 17.3 Å². The number of nitrogens with zero attached hydrogens (tertiary/aromatic N) is 2. The lowest BCUT2D eigenvalue weighted by Crippen LogP contribution is -1.99. The van der Waals surface area contributed by atoms with E-state index >= 15 is 0 Å². The van der Waals surface area contributed by atoms with Crippen LogP contribution in [0.4, 0.5) is 5.69 Å². The van der Waals surface area contributed by atoms with E-state index in [0.717, 1.165) is 5.82 Å². The largest absolute Gasteiger partial charge is 0.395 e. The van der Waals surface area contributed by atoms with Crippen molar-refractivity contribution in [2.75, 3.05) is 5.73 Å². The highest BCUT2D eigenvalue weighted by Crippen LogP contribution is 2.16. The molecule has 0 aliphatic rings. The highest BCUT2D eigenvalue weighted by atomic mass is 35.5. The number of rotatable bonds is 1. The van der Waals surface area contributed by atoms with E-state index < -0.39 is 0 Å². The van der Waals surface area contributed by atoms with Gasteiger partial charge in [0.15, 0.2) is 5.15 Å². The zero-order valence-electron chi connectivity index (χ0n) is 6.50. The first-order chi connectivity index (χ1) is 5.11. The lowest BCUT2D eigenvalue weighted by molar-refractivity contribution is 0.775. The van der Waals surface area contributed by atoms with Crippen molar-refractivity contribution >= 4 is 17.3 Å². The van der Waals surface area contributed by atoms with Crippen LogP contribution in [0.1, 0.15) is 25.6 Å². The van der Waals surface area contributed by atoms with Crippen LogP contribution >= 0.6 is 11.6 Å². The Hall–Kier alpha value is -0.830. The minimum Gasteiger partial charge on any atom is -0.395 e. The van der Waals surface area contributed by atoms with Crippen LogP contribution < -0.4 is 5.73 Å². The topological polar surface area (TPSA) is 51.8 Å². The molecule has 0 aliphatic carbocycles. The number of anilines is 1. The summed E-state index contributed by atoms with van der Waals surface area (Å²) in [6.45, 7) is 4.00. The van der Waals surface area contributed by atoms with Crippen molar-refractivity contribution in [3.05, 3.63) is 17.2 Å². The minimum atomic E-state index is 0.285.